The van der Waals surface area contributed by atoms with Crippen LogP contribution in [0.1, 0.15) is 12.8 Å². The standard InChI is InChI=1S/C11H15ClN2O/c12-10-1-2-11(13-7-10)14-5-3-9(8-15)4-6-14/h1-2,7,9,15H,3-6,8H2. The van der Waals surface area contributed by atoms with Crippen LogP contribution in [-0.2, 0) is 0 Å². The van der Waals surface area contributed by atoms with E-state index >= 15 is 0 Å². The Hall–Kier alpha value is -0.800. The summed E-state index contributed by atoms with van der Waals surface area (Å²) in [6.07, 6.45) is 3.76. The van der Waals surface area contributed by atoms with Gasteiger partial charge in [-0.3, -0.25) is 0 Å². The van der Waals surface area contributed by atoms with E-state index < -0.39 is 0 Å². The molecule has 4 heteroatoms. The third-order valence-corrected chi connectivity index (χ3v) is 3.13. The van der Waals surface area contributed by atoms with Crippen LogP contribution >= 0.6 is 11.6 Å². The monoisotopic (exact) mass is 226 g/mol. The first-order chi connectivity index (χ1) is 7.29. The van der Waals surface area contributed by atoms with Crippen LogP contribution in [-0.4, -0.2) is 29.8 Å². The lowest BCUT2D eigenvalue weighted by Crippen LogP contribution is -2.35. The van der Waals surface area contributed by atoms with E-state index in [4.69, 9.17) is 16.7 Å². The number of halogens is 1. The van der Waals surface area contributed by atoms with E-state index in [1.165, 1.54) is 0 Å². The minimum Gasteiger partial charge on any atom is -0.396 e. The number of hydrogen-bond donors (Lipinski definition) is 1. The SMILES string of the molecule is OCC1CCN(c2ccc(Cl)cn2)CC1. The number of anilines is 1. The zero-order valence-electron chi connectivity index (χ0n) is 8.56. The van der Waals surface area contributed by atoms with Gasteiger partial charge in [-0.15, -0.1) is 0 Å². The summed E-state index contributed by atoms with van der Waals surface area (Å²) in [6, 6.07) is 3.81. The first-order valence-corrected chi connectivity index (χ1v) is 5.65. The summed E-state index contributed by atoms with van der Waals surface area (Å²) in [5.74, 6) is 1.45. The van der Waals surface area contributed by atoms with Gasteiger partial charge in [-0.1, -0.05) is 11.6 Å². The van der Waals surface area contributed by atoms with Crippen LogP contribution in [0.2, 0.25) is 5.02 Å². The van der Waals surface area contributed by atoms with E-state index in [1.54, 1.807) is 6.20 Å². The summed E-state index contributed by atoms with van der Waals surface area (Å²) in [7, 11) is 0. The Morgan fingerprint density at radius 2 is 2.13 bits per heavy atom. The normalized spacial score (nSPS) is 18.1. The van der Waals surface area contributed by atoms with E-state index in [9.17, 15) is 0 Å². The summed E-state index contributed by atoms with van der Waals surface area (Å²) in [4.78, 5) is 6.52. The third-order valence-electron chi connectivity index (χ3n) is 2.91. The molecule has 82 valence electrons. The third kappa shape index (κ3) is 2.61. The van der Waals surface area contributed by atoms with Gasteiger partial charge in [0.2, 0.25) is 0 Å². The van der Waals surface area contributed by atoms with Crippen molar-refractivity contribution in [3.8, 4) is 0 Å². The molecule has 1 aliphatic rings. The van der Waals surface area contributed by atoms with Gasteiger partial charge in [0.05, 0.1) is 5.02 Å². The number of rotatable bonds is 2. The molecular weight excluding hydrogens is 212 g/mol. The van der Waals surface area contributed by atoms with Crippen LogP contribution in [0.4, 0.5) is 5.82 Å². The Morgan fingerprint density at radius 1 is 1.40 bits per heavy atom. The molecule has 0 bridgehead atoms. The largest absolute Gasteiger partial charge is 0.396 e. The van der Waals surface area contributed by atoms with Crippen molar-refractivity contribution in [1.29, 1.82) is 0 Å². The minimum atomic E-state index is 0.307. The Morgan fingerprint density at radius 3 is 2.67 bits per heavy atom. The number of aromatic nitrogens is 1. The average molecular weight is 227 g/mol. The van der Waals surface area contributed by atoms with Gasteiger partial charge < -0.3 is 10.0 Å². The highest BCUT2D eigenvalue weighted by molar-refractivity contribution is 6.30. The molecule has 0 amide bonds. The van der Waals surface area contributed by atoms with Gasteiger partial charge in [-0.25, -0.2) is 4.98 Å². The van der Waals surface area contributed by atoms with Crippen molar-refractivity contribution in [3.05, 3.63) is 23.4 Å². The molecule has 1 aromatic rings. The van der Waals surface area contributed by atoms with E-state index in [-0.39, 0.29) is 0 Å². The first-order valence-electron chi connectivity index (χ1n) is 5.27. The lowest BCUT2D eigenvalue weighted by molar-refractivity contribution is 0.203. The highest BCUT2D eigenvalue weighted by atomic mass is 35.5. The van der Waals surface area contributed by atoms with Crippen LogP contribution < -0.4 is 4.90 Å². The van der Waals surface area contributed by atoms with E-state index in [0.29, 0.717) is 17.5 Å². The number of piperidine rings is 1. The first kappa shape index (κ1) is 10.7. The summed E-state index contributed by atoms with van der Waals surface area (Å²) in [5, 5.41) is 9.70. The smallest absolute Gasteiger partial charge is 0.128 e. The maximum absolute atomic E-state index is 9.03. The molecule has 0 unspecified atom stereocenters. The molecule has 2 rings (SSSR count). The second-order valence-electron chi connectivity index (χ2n) is 3.95. The Labute approximate surface area is 94.7 Å². The van der Waals surface area contributed by atoms with E-state index in [0.717, 1.165) is 31.7 Å². The Kier molecular flexibility index (Phi) is 3.44. The highest BCUT2D eigenvalue weighted by Gasteiger charge is 2.18. The molecule has 1 fully saturated rings. The second kappa shape index (κ2) is 4.81. The number of hydrogen-bond acceptors (Lipinski definition) is 3. The second-order valence-corrected chi connectivity index (χ2v) is 4.38. The Bertz CT molecular complexity index is 307. The molecule has 0 aromatic carbocycles. The summed E-state index contributed by atoms with van der Waals surface area (Å²) < 4.78 is 0. The quantitative estimate of drug-likeness (QED) is 0.838. The molecule has 0 aliphatic carbocycles. The summed E-state index contributed by atoms with van der Waals surface area (Å²) in [5.41, 5.74) is 0. The predicted octanol–water partition coefficient (Wildman–Crippen LogP) is 1.94. The van der Waals surface area contributed by atoms with Crippen LogP contribution in [0, 0.1) is 5.92 Å². The van der Waals surface area contributed by atoms with Crippen LogP contribution in [0.15, 0.2) is 18.3 Å². The van der Waals surface area contributed by atoms with E-state index in [1.807, 2.05) is 12.1 Å². The van der Waals surface area contributed by atoms with Crippen LogP contribution in [0.3, 0.4) is 0 Å². The molecule has 2 heterocycles. The molecular formula is C11H15ClN2O. The average Bonchev–Trinajstić information content (AvgIpc) is 2.30. The topological polar surface area (TPSA) is 36.4 Å². The van der Waals surface area contributed by atoms with Gasteiger partial charge in [0.1, 0.15) is 5.82 Å². The predicted molar refractivity (Wildman–Crippen MR) is 61.3 cm³/mol. The van der Waals surface area contributed by atoms with Gasteiger partial charge >= 0.3 is 0 Å². The van der Waals surface area contributed by atoms with Crippen molar-refractivity contribution in [1.82, 2.24) is 4.98 Å². The van der Waals surface area contributed by atoms with Crippen molar-refractivity contribution in [2.45, 2.75) is 12.8 Å². The molecule has 0 radical (unpaired) electrons. The van der Waals surface area contributed by atoms with Crippen molar-refractivity contribution in [3.63, 3.8) is 0 Å². The van der Waals surface area contributed by atoms with Crippen LogP contribution in [0.5, 0.6) is 0 Å². The molecule has 1 aliphatic heterocycles. The molecule has 3 nitrogen and oxygen atoms in total. The highest BCUT2D eigenvalue weighted by Crippen LogP contribution is 2.22. The van der Waals surface area contributed by atoms with Crippen molar-refractivity contribution < 1.29 is 5.11 Å². The van der Waals surface area contributed by atoms with Gasteiger partial charge in [0.15, 0.2) is 0 Å². The molecule has 0 spiro atoms. The molecule has 1 saturated heterocycles. The van der Waals surface area contributed by atoms with E-state index in [2.05, 4.69) is 9.88 Å². The maximum Gasteiger partial charge on any atom is 0.128 e. The zero-order valence-corrected chi connectivity index (χ0v) is 9.32. The Balaban J connectivity index is 1.98. The van der Waals surface area contributed by atoms with Crippen molar-refractivity contribution in [2.75, 3.05) is 24.6 Å². The molecule has 15 heavy (non-hydrogen) atoms. The number of pyridine rings is 1. The summed E-state index contributed by atoms with van der Waals surface area (Å²) >= 11 is 5.78. The van der Waals surface area contributed by atoms with Gasteiger partial charge in [0.25, 0.3) is 0 Å². The number of aliphatic hydroxyl groups is 1. The fraction of sp³-hybridized carbons (Fsp3) is 0.545. The minimum absolute atomic E-state index is 0.307. The van der Waals surface area contributed by atoms with Gasteiger partial charge in [-0.2, -0.15) is 0 Å². The van der Waals surface area contributed by atoms with Crippen molar-refractivity contribution in [2.24, 2.45) is 5.92 Å². The summed E-state index contributed by atoms with van der Waals surface area (Å²) in [6.45, 7) is 2.25. The molecule has 1 N–H and O–H groups in total. The fourth-order valence-electron chi connectivity index (χ4n) is 1.90. The zero-order chi connectivity index (χ0) is 10.7. The number of aliphatic hydroxyl groups excluding tert-OH is 1. The van der Waals surface area contributed by atoms with Gasteiger partial charge in [0, 0.05) is 25.9 Å². The van der Waals surface area contributed by atoms with Crippen molar-refractivity contribution >= 4 is 17.4 Å². The lowest BCUT2D eigenvalue weighted by Gasteiger charge is -2.31. The molecule has 1 aromatic heterocycles. The lowest BCUT2D eigenvalue weighted by atomic mass is 9.98. The number of nitrogens with zero attached hydrogens (tertiary/aromatic N) is 2. The molecule has 0 saturated carbocycles. The fourth-order valence-corrected chi connectivity index (χ4v) is 2.01. The van der Waals surface area contributed by atoms with Crippen LogP contribution in [0.25, 0.3) is 0 Å². The molecule has 0 atom stereocenters. The maximum atomic E-state index is 9.03. The van der Waals surface area contributed by atoms with Gasteiger partial charge in [-0.05, 0) is 30.9 Å².